The number of rotatable bonds is 24. The fraction of sp³-hybridized carbons (Fsp3) is 0.518. The molecule has 2 atom stereocenters. The van der Waals surface area contributed by atoms with Crippen molar-refractivity contribution >= 4 is 69.2 Å². The van der Waals surface area contributed by atoms with Crippen molar-refractivity contribution in [3.8, 4) is 17.0 Å². The largest absolute Gasteiger partial charge is 0.486 e. The minimum absolute atomic E-state index is 0.0374. The normalized spacial score (nSPS) is 18.4. The van der Waals surface area contributed by atoms with Gasteiger partial charge in [0.15, 0.2) is 0 Å². The number of carbonyl (C=O) groups is 4. The van der Waals surface area contributed by atoms with Crippen molar-refractivity contribution < 1.29 is 47.3 Å². The molecule has 0 bridgehead atoms. The molecule has 2 aromatic carbocycles. The SMILES string of the molecule is C[C@@H](Oc1ccc2[nH]nc(-c3ccc(N4CCN(C(=O)C5CCN(C(=O)CCOCCOCCOCCOCCN6CCC(c7ccc(NC8CCC(=O)NC8=O)cc7F)CC6)CC5)CC4)nc3)c2c1)c1c(Cl)cncc1Cl. The van der Waals surface area contributed by atoms with E-state index in [1.165, 1.54) is 6.07 Å². The Labute approximate surface area is 463 Å². The van der Waals surface area contributed by atoms with Crippen LogP contribution in [0.15, 0.2) is 67.1 Å². The quantitative estimate of drug-likeness (QED) is 0.0419. The summed E-state index contributed by atoms with van der Waals surface area (Å²) in [7, 11) is 0. The Bertz CT molecular complexity index is 2800. The van der Waals surface area contributed by atoms with Crippen molar-refractivity contribution in [3.63, 3.8) is 0 Å². The molecule has 4 aliphatic rings. The molecule has 4 aliphatic heterocycles. The third kappa shape index (κ3) is 15.0. The van der Waals surface area contributed by atoms with Crippen LogP contribution in [0.4, 0.5) is 15.9 Å². The first-order chi connectivity index (χ1) is 38.0. The maximum Gasteiger partial charge on any atom is 0.249 e. The number of fused-ring (bicyclic) bond motifs is 1. The van der Waals surface area contributed by atoms with Crippen LogP contribution in [-0.2, 0) is 38.1 Å². The second-order valence-electron chi connectivity index (χ2n) is 20.1. The van der Waals surface area contributed by atoms with Gasteiger partial charge in [0.25, 0.3) is 0 Å². The van der Waals surface area contributed by atoms with Crippen LogP contribution in [-0.4, -0.2) is 176 Å². The van der Waals surface area contributed by atoms with Crippen LogP contribution < -0.4 is 20.3 Å². The minimum Gasteiger partial charge on any atom is -0.486 e. The highest BCUT2D eigenvalue weighted by molar-refractivity contribution is 6.35. The number of anilines is 2. The van der Waals surface area contributed by atoms with E-state index in [-0.39, 0.29) is 54.1 Å². The molecule has 78 heavy (non-hydrogen) atoms. The number of benzene rings is 2. The number of hydrogen-bond donors (Lipinski definition) is 3. The average Bonchev–Trinajstić information content (AvgIpc) is 3.96. The van der Waals surface area contributed by atoms with Crippen molar-refractivity contribution in [1.29, 1.82) is 0 Å². The molecule has 7 heterocycles. The molecule has 1 unspecified atom stereocenters. The molecule has 3 N–H and O–H groups in total. The summed E-state index contributed by atoms with van der Waals surface area (Å²) < 4.78 is 44.1. The number of nitrogens with zero attached hydrogens (tertiary/aromatic N) is 7. The van der Waals surface area contributed by atoms with Gasteiger partial charge in [0, 0.05) is 98.9 Å². The van der Waals surface area contributed by atoms with Crippen LogP contribution in [0.5, 0.6) is 5.75 Å². The van der Waals surface area contributed by atoms with Crippen molar-refractivity contribution in [1.82, 2.24) is 40.2 Å². The predicted octanol–water partition coefficient (Wildman–Crippen LogP) is 7.05. The molecule has 4 fully saturated rings. The molecular weight excluding hydrogens is 1050 g/mol. The van der Waals surface area contributed by atoms with Crippen LogP contribution >= 0.6 is 23.2 Å². The Morgan fingerprint density at radius 3 is 2.13 bits per heavy atom. The van der Waals surface area contributed by atoms with Crippen molar-refractivity contribution in [2.24, 2.45) is 5.92 Å². The Morgan fingerprint density at radius 1 is 0.769 bits per heavy atom. The van der Waals surface area contributed by atoms with Gasteiger partial charge in [-0.05, 0) is 106 Å². The number of H-pyrrole nitrogens is 1. The van der Waals surface area contributed by atoms with Crippen molar-refractivity contribution in [3.05, 3.63) is 94.1 Å². The number of hydrogen-bond acceptors (Lipinski definition) is 15. The number of imide groups is 1. The fourth-order valence-corrected chi connectivity index (χ4v) is 11.3. The molecular formula is C56H69Cl2FN10O9. The number of aromatic amines is 1. The molecule has 5 aromatic rings. The van der Waals surface area contributed by atoms with E-state index in [0.29, 0.717) is 144 Å². The summed E-state index contributed by atoms with van der Waals surface area (Å²) in [5.74, 6) is 0.767. The van der Waals surface area contributed by atoms with E-state index in [9.17, 15) is 19.2 Å². The molecule has 19 nitrogen and oxygen atoms in total. The molecule has 4 amide bonds. The molecule has 3 aromatic heterocycles. The summed E-state index contributed by atoms with van der Waals surface area (Å²) in [5.41, 5.74) is 4.37. The standard InChI is InChI=1S/C56H69Cl2FN10O9/c1-37(53-45(57)35-60-36-46(53)58)78-42-4-6-48-44(33-42)54(65-64-48)40-2-8-50(61-34-40)67-19-21-69(22-20-67)56(73)39-12-17-68(18-13-39)52(71)14-24-74-26-28-76-30-31-77-29-27-75-25-23-66-15-10-38(11-16-66)43-5-3-41(32-47(43)59)62-49-7-9-51(70)63-55(49)72/h2-6,8,32-39,49,62H,7,9-31H2,1H3,(H,64,65)(H,63,70,72)/t37-,49?/m1/s1. The van der Waals surface area contributed by atoms with E-state index in [0.717, 1.165) is 60.5 Å². The monoisotopic (exact) mass is 1110 g/mol. The second kappa shape index (κ2) is 27.7. The predicted molar refractivity (Wildman–Crippen MR) is 293 cm³/mol. The maximum absolute atomic E-state index is 15.1. The topological polar surface area (TPSA) is 206 Å². The van der Waals surface area contributed by atoms with Crippen molar-refractivity contribution in [2.75, 3.05) is 122 Å². The Morgan fingerprint density at radius 2 is 1.46 bits per heavy atom. The zero-order chi connectivity index (χ0) is 54.4. The molecule has 22 heteroatoms. The molecule has 0 spiro atoms. The van der Waals surface area contributed by atoms with E-state index < -0.39 is 12.1 Å². The molecule has 0 saturated carbocycles. The zero-order valence-electron chi connectivity index (χ0n) is 44.1. The minimum atomic E-state index is -0.550. The van der Waals surface area contributed by atoms with Crippen LogP contribution in [0.2, 0.25) is 10.0 Å². The lowest BCUT2D eigenvalue weighted by Gasteiger charge is -2.39. The Balaban J connectivity index is 0.569. The van der Waals surface area contributed by atoms with Gasteiger partial charge in [-0.2, -0.15) is 5.10 Å². The summed E-state index contributed by atoms with van der Waals surface area (Å²) in [6.07, 6.45) is 8.45. The zero-order valence-corrected chi connectivity index (χ0v) is 45.6. The maximum atomic E-state index is 15.1. The van der Waals surface area contributed by atoms with E-state index in [1.54, 1.807) is 24.5 Å². The highest BCUT2D eigenvalue weighted by Gasteiger charge is 2.33. The Hall–Kier alpha value is -6.00. The van der Waals surface area contributed by atoms with Crippen LogP contribution in [0.25, 0.3) is 22.2 Å². The van der Waals surface area contributed by atoms with Gasteiger partial charge in [-0.3, -0.25) is 34.6 Å². The van der Waals surface area contributed by atoms with Gasteiger partial charge in [-0.1, -0.05) is 29.3 Å². The number of amides is 4. The van der Waals surface area contributed by atoms with Crippen LogP contribution in [0.1, 0.15) is 75.0 Å². The summed E-state index contributed by atoms with van der Waals surface area (Å²) in [4.78, 5) is 67.2. The van der Waals surface area contributed by atoms with Crippen molar-refractivity contribution in [2.45, 2.75) is 69.9 Å². The summed E-state index contributed by atoms with van der Waals surface area (Å²) in [6.45, 7) is 11.6. The molecule has 9 rings (SSSR count). The van der Waals surface area contributed by atoms with Gasteiger partial charge in [0.2, 0.25) is 23.6 Å². The highest BCUT2D eigenvalue weighted by Crippen LogP contribution is 2.36. The number of carbonyl (C=O) groups excluding carboxylic acids is 4. The number of nitrogens with one attached hydrogen (secondary N) is 3. The first-order valence-electron chi connectivity index (χ1n) is 27.1. The van der Waals surface area contributed by atoms with Gasteiger partial charge in [-0.15, -0.1) is 0 Å². The first kappa shape index (κ1) is 56.7. The fourth-order valence-electron chi connectivity index (χ4n) is 10.6. The van der Waals surface area contributed by atoms with E-state index in [1.807, 2.05) is 53.3 Å². The van der Waals surface area contributed by atoms with Gasteiger partial charge < -0.3 is 48.6 Å². The Kier molecular flexibility index (Phi) is 20.2. The molecule has 0 radical (unpaired) electrons. The number of halogens is 3. The molecule has 4 saturated heterocycles. The van der Waals surface area contributed by atoms with Gasteiger partial charge in [0.1, 0.15) is 35.2 Å². The summed E-state index contributed by atoms with van der Waals surface area (Å²) in [5, 5.41) is 14.8. The average molecular weight is 1120 g/mol. The molecule has 0 aliphatic carbocycles. The number of pyridine rings is 2. The first-order valence-corrected chi connectivity index (χ1v) is 27.9. The van der Waals surface area contributed by atoms with Crippen LogP contribution in [0, 0.1) is 11.7 Å². The third-order valence-electron chi connectivity index (χ3n) is 15.0. The van der Waals surface area contributed by atoms with Gasteiger partial charge in [0.05, 0.1) is 74.8 Å². The highest BCUT2D eigenvalue weighted by atomic mass is 35.5. The van der Waals surface area contributed by atoms with E-state index in [2.05, 4.69) is 35.6 Å². The summed E-state index contributed by atoms with van der Waals surface area (Å²) >= 11 is 12.8. The third-order valence-corrected chi connectivity index (χ3v) is 15.6. The number of piperidine rings is 3. The van der Waals surface area contributed by atoms with Crippen LogP contribution in [0.3, 0.4) is 0 Å². The van der Waals surface area contributed by atoms with Gasteiger partial charge in [-0.25, -0.2) is 9.37 Å². The number of piperazine rings is 1. The lowest BCUT2D eigenvalue weighted by molar-refractivity contribution is -0.141. The second-order valence-corrected chi connectivity index (χ2v) is 20.9. The van der Waals surface area contributed by atoms with Gasteiger partial charge >= 0.3 is 0 Å². The van der Waals surface area contributed by atoms with E-state index in [4.69, 9.17) is 51.9 Å². The molecule has 418 valence electrons. The number of aromatic nitrogens is 4. The smallest absolute Gasteiger partial charge is 0.249 e. The summed E-state index contributed by atoms with van der Waals surface area (Å²) in [6, 6.07) is 14.2. The lowest BCUT2D eigenvalue weighted by atomic mass is 9.89. The number of ether oxygens (including phenoxy) is 5. The lowest BCUT2D eigenvalue weighted by Crippen LogP contribution is -2.52. The van der Waals surface area contributed by atoms with E-state index >= 15 is 4.39 Å². The number of likely N-dealkylation sites (tertiary alicyclic amines) is 2.